The van der Waals surface area contributed by atoms with Crippen LogP contribution in [-0.2, 0) is 4.74 Å². The number of benzene rings is 1. The van der Waals surface area contributed by atoms with Crippen molar-refractivity contribution < 1.29 is 14.5 Å². The molecule has 6 nitrogen and oxygen atoms in total. The predicted octanol–water partition coefficient (Wildman–Crippen LogP) is 2.38. The molecule has 0 aliphatic heterocycles. The van der Waals surface area contributed by atoms with Gasteiger partial charge in [-0.15, -0.1) is 0 Å². The lowest BCUT2D eigenvalue weighted by Gasteiger charge is -2.08. The van der Waals surface area contributed by atoms with Gasteiger partial charge in [0.25, 0.3) is 5.69 Å². The minimum absolute atomic E-state index is 0.0351. The van der Waals surface area contributed by atoms with Crippen molar-refractivity contribution in [1.29, 1.82) is 0 Å². The molecule has 0 saturated heterocycles. The third-order valence-corrected chi connectivity index (χ3v) is 2.40. The highest BCUT2D eigenvalue weighted by Gasteiger charge is 2.16. The van der Waals surface area contributed by atoms with Crippen LogP contribution in [0.1, 0.15) is 30.6 Å². The molecule has 98 valence electrons. The van der Waals surface area contributed by atoms with E-state index < -0.39 is 10.9 Å². The van der Waals surface area contributed by atoms with E-state index in [0.29, 0.717) is 5.92 Å². The van der Waals surface area contributed by atoms with E-state index >= 15 is 0 Å². The van der Waals surface area contributed by atoms with E-state index in [4.69, 9.17) is 10.5 Å². The monoisotopic (exact) mass is 252 g/mol. The van der Waals surface area contributed by atoms with Crippen molar-refractivity contribution in [3.8, 4) is 0 Å². The fraction of sp³-hybridized carbons (Fsp3) is 0.417. The van der Waals surface area contributed by atoms with Gasteiger partial charge in [0.1, 0.15) is 0 Å². The number of rotatable bonds is 5. The first-order chi connectivity index (χ1) is 8.41. The van der Waals surface area contributed by atoms with Crippen LogP contribution >= 0.6 is 0 Å². The van der Waals surface area contributed by atoms with Crippen LogP contribution in [0.5, 0.6) is 0 Å². The van der Waals surface area contributed by atoms with Crippen molar-refractivity contribution in [1.82, 2.24) is 0 Å². The first-order valence-electron chi connectivity index (χ1n) is 5.63. The number of ether oxygens (including phenoxy) is 1. The van der Waals surface area contributed by atoms with E-state index in [-0.39, 0.29) is 23.5 Å². The fourth-order valence-corrected chi connectivity index (χ4v) is 1.30. The van der Waals surface area contributed by atoms with E-state index in [0.717, 1.165) is 12.5 Å². The summed E-state index contributed by atoms with van der Waals surface area (Å²) in [5.41, 5.74) is 5.63. The quantitative estimate of drug-likeness (QED) is 0.375. The Hall–Kier alpha value is -2.11. The van der Waals surface area contributed by atoms with Gasteiger partial charge in [0.2, 0.25) is 0 Å². The average molecular weight is 252 g/mol. The number of hydrogen-bond acceptors (Lipinski definition) is 5. The zero-order chi connectivity index (χ0) is 13.7. The molecule has 18 heavy (non-hydrogen) atoms. The Bertz CT molecular complexity index is 457. The van der Waals surface area contributed by atoms with Crippen molar-refractivity contribution in [3.05, 3.63) is 33.9 Å². The number of non-ortho nitro benzene ring substituents is 1. The SMILES string of the molecule is CC(C)CCOC(=O)c1cc([N+](=O)[O-])ccc1N. The molecule has 2 N–H and O–H groups in total. The number of nitrogens with two attached hydrogens (primary N) is 1. The lowest BCUT2D eigenvalue weighted by atomic mass is 10.1. The van der Waals surface area contributed by atoms with Gasteiger partial charge in [0, 0.05) is 17.8 Å². The smallest absolute Gasteiger partial charge is 0.340 e. The minimum atomic E-state index is -0.628. The normalized spacial score (nSPS) is 10.4. The highest BCUT2D eigenvalue weighted by atomic mass is 16.6. The zero-order valence-electron chi connectivity index (χ0n) is 10.4. The molecule has 0 fully saturated rings. The van der Waals surface area contributed by atoms with Gasteiger partial charge in [-0.2, -0.15) is 0 Å². The Labute approximate surface area is 105 Å². The van der Waals surface area contributed by atoms with Crippen LogP contribution in [0.3, 0.4) is 0 Å². The summed E-state index contributed by atoms with van der Waals surface area (Å²) in [5, 5.41) is 10.6. The molecule has 0 aliphatic rings. The number of nitrogens with zero attached hydrogens (tertiary/aromatic N) is 1. The van der Waals surface area contributed by atoms with Crippen LogP contribution in [0, 0.1) is 16.0 Å². The standard InChI is InChI=1S/C12H16N2O4/c1-8(2)5-6-18-12(15)10-7-9(14(16)17)3-4-11(10)13/h3-4,7-8H,5-6,13H2,1-2H3. The number of nitro benzene ring substituents is 1. The molecule has 0 unspecified atom stereocenters. The molecule has 0 aliphatic carbocycles. The zero-order valence-corrected chi connectivity index (χ0v) is 10.4. The topological polar surface area (TPSA) is 95.5 Å². The molecule has 0 saturated carbocycles. The number of carbonyl (C=O) groups excluding carboxylic acids is 1. The number of hydrogen-bond donors (Lipinski definition) is 1. The number of esters is 1. The van der Waals surface area contributed by atoms with Crippen molar-refractivity contribution in [3.63, 3.8) is 0 Å². The summed E-state index contributed by atoms with van der Waals surface area (Å²) >= 11 is 0. The molecule has 0 atom stereocenters. The first-order valence-corrected chi connectivity index (χ1v) is 5.63. The van der Waals surface area contributed by atoms with Crippen molar-refractivity contribution in [2.45, 2.75) is 20.3 Å². The summed E-state index contributed by atoms with van der Waals surface area (Å²) in [4.78, 5) is 21.7. The van der Waals surface area contributed by atoms with Crippen molar-refractivity contribution >= 4 is 17.3 Å². The maximum absolute atomic E-state index is 11.7. The molecular weight excluding hydrogens is 236 g/mol. The molecule has 0 spiro atoms. The molecule has 1 aromatic carbocycles. The highest BCUT2D eigenvalue weighted by Crippen LogP contribution is 2.20. The summed E-state index contributed by atoms with van der Waals surface area (Å²) in [6, 6.07) is 3.71. The summed E-state index contributed by atoms with van der Waals surface area (Å²) in [6.45, 7) is 4.30. The lowest BCUT2D eigenvalue weighted by molar-refractivity contribution is -0.384. The van der Waals surface area contributed by atoms with Crippen LogP contribution in [0.25, 0.3) is 0 Å². The van der Waals surface area contributed by atoms with Gasteiger partial charge in [-0.3, -0.25) is 10.1 Å². The second kappa shape index (κ2) is 6.00. The van der Waals surface area contributed by atoms with Gasteiger partial charge in [-0.1, -0.05) is 13.8 Å². The molecule has 0 bridgehead atoms. The molecule has 0 radical (unpaired) electrons. The minimum Gasteiger partial charge on any atom is -0.462 e. The van der Waals surface area contributed by atoms with E-state index in [9.17, 15) is 14.9 Å². The Morgan fingerprint density at radius 1 is 1.50 bits per heavy atom. The van der Waals surface area contributed by atoms with Gasteiger partial charge in [0.05, 0.1) is 17.1 Å². The molecule has 0 aromatic heterocycles. The van der Waals surface area contributed by atoms with Crippen molar-refractivity contribution in [2.75, 3.05) is 12.3 Å². The number of nitro groups is 1. The van der Waals surface area contributed by atoms with Crippen molar-refractivity contribution in [2.24, 2.45) is 5.92 Å². The molecule has 0 heterocycles. The molecule has 6 heteroatoms. The maximum atomic E-state index is 11.7. The summed E-state index contributed by atoms with van der Waals surface area (Å²) in [6.07, 6.45) is 0.737. The third kappa shape index (κ3) is 3.73. The Kier molecular flexibility index (Phi) is 4.65. The molecular formula is C12H16N2O4. The third-order valence-electron chi connectivity index (χ3n) is 2.40. The molecule has 1 rings (SSSR count). The average Bonchev–Trinajstić information content (AvgIpc) is 2.28. The van der Waals surface area contributed by atoms with E-state index in [2.05, 4.69) is 0 Å². The van der Waals surface area contributed by atoms with Crippen LogP contribution in [0.4, 0.5) is 11.4 Å². The number of carbonyl (C=O) groups is 1. The summed E-state index contributed by atoms with van der Waals surface area (Å²) in [7, 11) is 0. The fourth-order valence-electron chi connectivity index (χ4n) is 1.30. The molecule has 0 amide bonds. The van der Waals surface area contributed by atoms with Gasteiger partial charge < -0.3 is 10.5 Å². The van der Waals surface area contributed by atoms with Crippen LogP contribution in [0.15, 0.2) is 18.2 Å². The van der Waals surface area contributed by atoms with Crippen LogP contribution < -0.4 is 5.73 Å². The van der Waals surface area contributed by atoms with E-state index in [1.165, 1.54) is 12.1 Å². The Morgan fingerprint density at radius 2 is 2.17 bits per heavy atom. The van der Waals surface area contributed by atoms with Gasteiger partial charge in [0.15, 0.2) is 0 Å². The lowest BCUT2D eigenvalue weighted by Crippen LogP contribution is -2.10. The molecule has 1 aromatic rings. The largest absolute Gasteiger partial charge is 0.462 e. The maximum Gasteiger partial charge on any atom is 0.340 e. The van der Waals surface area contributed by atoms with Crippen LogP contribution in [-0.4, -0.2) is 17.5 Å². The number of anilines is 1. The van der Waals surface area contributed by atoms with E-state index in [1.807, 2.05) is 13.8 Å². The highest BCUT2D eigenvalue weighted by molar-refractivity contribution is 5.95. The first kappa shape index (κ1) is 14.0. The Balaban J connectivity index is 2.78. The van der Waals surface area contributed by atoms with E-state index in [1.54, 1.807) is 0 Å². The second-order valence-electron chi connectivity index (χ2n) is 4.35. The van der Waals surface area contributed by atoms with Gasteiger partial charge in [-0.25, -0.2) is 4.79 Å². The van der Waals surface area contributed by atoms with Gasteiger partial charge >= 0.3 is 5.97 Å². The number of nitrogen functional groups attached to an aromatic ring is 1. The van der Waals surface area contributed by atoms with Crippen LogP contribution in [0.2, 0.25) is 0 Å². The Morgan fingerprint density at radius 3 is 2.72 bits per heavy atom. The van der Waals surface area contributed by atoms with Gasteiger partial charge in [-0.05, 0) is 18.4 Å². The predicted molar refractivity (Wildman–Crippen MR) is 67.2 cm³/mol. The second-order valence-corrected chi connectivity index (χ2v) is 4.35. The summed E-state index contributed by atoms with van der Waals surface area (Å²) in [5.74, 6) is -0.211. The summed E-state index contributed by atoms with van der Waals surface area (Å²) < 4.78 is 5.01.